The molecule has 0 radical (unpaired) electrons. The molecule has 0 aliphatic heterocycles. The molecule has 1 aromatic heterocycles. The number of alkyl halides is 6. The highest BCUT2D eigenvalue weighted by molar-refractivity contribution is 9.08. The number of carbonyl (C=O) groups excluding carboxylic acids is 1. The number of aromatic nitrogens is 1. The summed E-state index contributed by atoms with van der Waals surface area (Å²) in [5.41, 5.74) is -2.11. The molecule has 0 spiro atoms. The first kappa shape index (κ1) is 16.1. The van der Waals surface area contributed by atoms with Crippen LogP contribution in [0.3, 0.4) is 0 Å². The van der Waals surface area contributed by atoms with Crippen LogP contribution in [0.4, 0.5) is 22.0 Å². The van der Waals surface area contributed by atoms with Crippen LogP contribution in [0.2, 0.25) is 0 Å². The Hall–Kier alpha value is -0.960. The molecule has 0 bridgehead atoms. The number of nitrogens with zero attached hydrogens (tertiary/aromatic N) is 1. The van der Waals surface area contributed by atoms with E-state index in [1.165, 1.54) is 0 Å². The highest BCUT2D eigenvalue weighted by atomic mass is 79.9. The third-order valence-electron chi connectivity index (χ3n) is 1.87. The summed E-state index contributed by atoms with van der Waals surface area (Å²) in [5, 5.41) is -1.62. The maximum atomic E-state index is 12.6. The molecule has 106 valence electrons. The molecule has 3 nitrogen and oxygen atoms in total. The van der Waals surface area contributed by atoms with E-state index in [0.29, 0.717) is 6.07 Å². The van der Waals surface area contributed by atoms with Gasteiger partial charge in [-0.1, -0.05) is 15.9 Å². The van der Waals surface area contributed by atoms with Crippen molar-refractivity contribution >= 4 is 32.8 Å². The Kier molecular flexibility index (Phi) is 5.08. The van der Waals surface area contributed by atoms with Crippen LogP contribution in [0, 0.1) is 0 Å². The Labute approximate surface area is 116 Å². The molecule has 0 saturated carbocycles. The summed E-state index contributed by atoms with van der Waals surface area (Å²) in [6.07, 6.45) is -8.17. The molecular formula is C9H4BrClF5NO2. The van der Waals surface area contributed by atoms with Crippen LogP contribution >= 0.6 is 27.5 Å². The predicted molar refractivity (Wildman–Crippen MR) is 58.7 cm³/mol. The molecule has 0 fully saturated rings. The standard InChI is InChI=1S/C9H4BrClF5NO2/c10-2-3-1-4(7(12)13)5(6(11)18)17-8(3)19-9(14,15)16/h1,7H,2H2. The maximum Gasteiger partial charge on any atom is 0.574 e. The lowest BCUT2D eigenvalue weighted by Crippen LogP contribution is -2.20. The average molecular weight is 368 g/mol. The van der Waals surface area contributed by atoms with Gasteiger partial charge in [0, 0.05) is 16.5 Å². The largest absolute Gasteiger partial charge is 0.574 e. The van der Waals surface area contributed by atoms with Crippen molar-refractivity contribution in [3.05, 3.63) is 22.9 Å². The monoisotopic (exact) mass is 367 g/mol. The molecule has 0 amide bonds. The maximum absolute atomic E-state index is 12.6. The second-order valence-electron chi connectivity index (χ2n) is 3.15. The summed E-state index contributed by atoms with van der Waals surface area (Å²) < 4.78 is 65.2. The Morgan fingerprint density at radius 1 is 1.47 bits per heavy atom. The molecule has 1 rings (SSSR count). The van der Waals surface area contributed by atoms with Crippen LogP contribution in [0.25, 0.3) is 0 Å². The van der Waals surface area contributed by atoms with Crippen LogP contribution in [-0.2, 0) is 5.33 Å². The third kappa shape index (κ3) is 4.27. The van der Waals surface area contributed by atoms with E-state index in [0.717, 1.165) is 0 Å². The number of rotatable bonds is 4. The SMILES string of the molecule is O=C(Cl)c1nc(OC(F)(F)F)c(CBr)cc1C(F)F. The molecular weight excluding hydrogens is 364 g/mol. The molecule has 1 aromatic rings. The topological polar surface area (TPSA) is 39.2 Å². The van der Waals surface area contributed by atoms with Crippen LogP contribution in [0.1, 0.15) is 28.0 Å². The summed E-state index contributed by atoms with van der Waals surface area (Å²) in [7, 11) is 0. The molecule has 10 heteroatoms. The van der Waals surface area contributed by atoms with Crippen LogP contribution in [0.5, 0.6) is 5.88 Å². The van der Waals surface area contributed by atoms with Crippen molar-refractivity contribution in [1.29, 1.82) is 0 Å². The summed E-state index contributed by atoms with van der Waals surface area (Å²) in [5.74, 6) is -1.00. The molecule has 0 aromatic carbocycles. The smallest absolute Gasteiger partial charge is 0.388 e. The van der Waals surface area contributed by atoms with Crippen molar-refractivity contribution in [3.63, 3.8) is 0 Å². The highest BCUT2D eigenvalue weighted by Gasteiger charge is 2.34. The predicted octanol–water partition coefficient (Wildman–Crippen LogP) is 4.19. The lowest BCUT2D eigenvalue weighted by atomic mass is 10.1. The van der Waals surface area contributed by atoms with Crippen LogP contribution in [-0.4, -0.2) is 16.6 Å². The fraction of sp³-hybridized carbons (Fsp3) is 0.333. The minimum Gasteiger partial charge on any atom is -0.388 e. The lowest BCUT2D eigenvalue weighted by molar-refractivity contribution is -0.276. The first-order valence-electron chi connectivity index (χ1n) is 4.49. The van der Waals surface area contributed by atoms with E-state index >= 15 is 0 Å². The van der Waals surface area contributed by atoms with Crippen molar-refractivity contribution in [2.45, 2.75) is 18.1 Å². The van der Waals surface area contributed by atoms with Gasteiger partial charge in [-0.15, -0.1) is 13.2 Å². The number of carbonyl (C=O) groups is 1. The molecule has 0 aliphatic rings. The first-order chi connectivity index (χ1) is 8.65. The average Bonchev–Trinajstić information content (AvgIpc) is 2.25. The van der Waals surface area contributed by atoms with Crippen molar-refractivity contribution in [2.24, 2.45) is 0 Å². The number of hydrogen-bond acceptors (Lipinski definition) is 3. The molecule has 0 atom stereocenters. The molecule has 0 aliphatic carbocycles. The Bertz CT molecular complexity index is 494. The van der Waals surface area contributed by atoms with Crippen molar-refractivity contribution in [3.8, 4) is 5.88 Å². The highest BCUT2D eigenvalue weighted by Crippen LogP contribution is 2.32. The summed E-state index contributed by atoms with van der Waals surface area (Å²) in [4.78, 5) is 14.0. The molecule has 0 N–H and O–H groups in total. The van der Waals surface area contributed by atoms with Crippen LogP contribution < -0.4 is 4.74 Å². The van der Waals surface area contributed by atoms with E-state index in [4.69, 9.17) is 11.6 Å². The molecule has 19 heavy (non-hydrogen) atoms. The van der Waals surface area contributed by atoms with E-state index in [2.05, 4.69) is 25.7 Å². The Morgan fingerprint density at radius 3 is 2.42 bits per heavy atom. The quantitative estimate of drug-likeness (QED) is 0.454. The second kappa shape index (κ2) is 6.00. The lowest BCUT2D eigenvalue weighted by Gasteiger charge is -2.14. The minimum atomic E-state index is -5.07. The Balaban J connectivity index is 3.40. The van der Waals surface area contributed by atoms with E-state index < -0.39 is 35.2 Å². The van der Waals surface area contributed by atoms with E-state index in [-0.39, 0.29) is 10.9 Å². The third-order valence-corrected chi connectivity index (χ3v) is 2.65. The fourth-order valence-electron chi connectivity index (χ4n) is 1.17. The van der Waals surface area contributed by atoms with E-state index in [1.54, 1.807) is 0 Å². The van der Waals surface area contributed by atoms with Crippen LogP contribution in [0.15, 0.2) is 6.07 Å². The molecule has 0 unspecified atom stereocenters. The second-order valence-corrected chi connectivity index (χ2v) is 4.05. The van der Waals surface area contributed by atoms with Crippen molar-refractivity contribution in [2.75, 3.05) is 0 Å². The van der Waals surface area contributed by atoms with Gasteiger partial charge in [-0.25, -0.2) is 13.8 Å². The van der Waals surface area contributed by atoms with E-state index in [1.807, 2.05) is 0 Å². The van der Waals surface area contributed by atoms with Gasteiger partial charge < -0.3 is 4.74 Å². The molecule has 1 heterocycles. The zero-order valence-corrected chi connectivity index (χ0v) is 11.1. The zero-order valence-electron chi connectivity index (χ0n) is 8.77. The van der Waals surface area contributed by atoms with Gasteiger partial charge in [0.1, 0.15) is 5.69 Å². The van der Waals surface area contributed by atoms with Gasteiger partial charge in [-0.3, -0.25) is 4.79 Å². The van der Waals surface area contributed by atoms with Gasteiger partial charge in [-0.05, 0) is 17.7 Å². The number of hydrogen-bond donors (Lipinski definition) is 0. The minimum absolute atomic E-state index is 0.220. The Morgan fingerprint density at radius 2 is 2.05 bits per heavy atom. The molecule has 0 saturated heterocycles. The first-order valence-corrected chi connectivity index (χ1v) is 5.99. The normalized spacial score (nSPS) is 11.8. The van der Waals surface area contributed by atoms with E-state index in [9.17, 15) is 26.7 Å². The number of ether oxygens (including phenoxy) is 1. The van der Waals surface area contributed by atoms with Gasteiger partial charge >= 0.3 is 6.36 Å². The van der Waals surface area contributed by atoms with Crippen molar-refractivity contribution in [1.82, 2.24) is 4.98 Å². The number of halogens is 7. The van der Waals surface area contributed by atoms with Gasteiger partial charge in [0.2, 0.25) is 5.88 Å². The van der Waals surface area contributed by atoms with Gasteiger partial charge in [0.15, 0.2) is 0 Å². The zero-order chi connectivity index (χ0) is 14.8. The van der Waals surface area contributed by atoms with Gasteiger partial charge in [0.25, 0.3) is 11.7 Å². The number of pyridine rings is 1. The fourth-order valence-corrected chi connectivity index (χ4v) is 1.73. The van der Waals surface area contributed by atoms with Gasteiger partial charge in [0.05, 0.1) is 0 Å². The van der Waals surface area contributed by atoms with Crippen molar-refractivity contribution < 1.29 is 31.5 Å². The summed E-state index contributed by atoms with van der Waals surface area (Å²) >= 11 is 7.82. The summed E-state index contributed by atoms with van der Waals surface area (Å²) in [6, 6.07) is 0.684. The van der Waals surface area contributed by atoms with Gasteiger partial charge in [-0.2, -0.15) is 0 Å². The summed E-state index contributed by atoms with van der Waals surface area (Å²) in [6.45, 7) is 0.